The van der Waals surface area contributed by atoms with E-state index in [1.807, 2.05) is 30.0 Å². The number of para-hydroxylation sites is 2. The van der Waals surface area contributed by atoms with E-state index in [9.17, 15) is 9.59 Å². The molecule has 1 saturated carbocycles. The van der Waals surface area contributed by atoms with Crippen molar-refractivity contribution < 1.29 is 14.3 Å². The van der Waals surface area contributed by atoms with Crippen LogP contribution in [0.1, 0.15) is 51.9 Å². The lowest BCUT2D eigenvalue weighted by Crippen LogP contribution is -2.60. The first-order valence-corrected chi connectivity index (χ1v) is 9.75. The molecule has 0 bridgehead atoms. The molecule has 2 N–H and O–H groups in total. The molecular weight excluding hydrogens is 330 g/mol. The summed E-state index contributed by atoms with van der Waals surface area (Å²) in [5.41, 5.74) is -0.154. The Morgan fingerprint density at radius 1 is 1.08 bits per heavy atom. The number of likely N-dealkylation sites (tertiary alicyclic amines) is 1. The van der Waals surface area contributed by atoms with Gasteiger partial charge in [-0.2, -0.15) is 0 Å². The number of hydrogen-bond donors (Lipinski definition) is 2. The molecule has 1 aromatic carbocycles. The zero-order valence-corrected chi connectivity index (χ0v) is 15.6. The normalized spacial score (nSPS) is 19.0. The van der Waals surface area contributed by atoms with Crippen LogP contribution in [0.3, 0.4) is 0 Å². The van der Waals surface area contributed by atoms with Crippen molar-refractivity contribution in [3.63, 3.8) is 0 Å². The van der Waals surface area contributed by atoms with E-state index in [2.05, 4.69) is 10.6 Å². The van der Waals surface area contributed by atoms with Gasteiger partial charge in [0, 0.05) is 13.1 Å². The van der Waals surface area contributed by atoms with Crippen LogP contribution in [0, 0.1) is 0 Å². The number of nitrogens with zero attached hydrogens (tertiary/aromatic N) is 1. The molecule has 0 atom stereocenters. The highest BCUT2D eigenvalue weighted by molar-refractivity contribution is 5.97. The molecule has 0 unspecified atom stereocenters. The molecule has 1 saturated heterocycles. The lowest BCUT2D eigenvalue weighted by molar-refractivity contribution is -0.138. The van der Waals surface area contributed by atoms with Crippen molar-refractivity contribution in [1.29, 1.82) is 0 Å². The lowest BCUT2D eigenvalue weighted by Gasteiger charge is -2.39. The third-order valence-electron chi connectivity index (χ3n) is 5.30. The Kier molecular flexibility index (Phi) is 6.01. The first-order chi connectivity index (χ1) is 12.6. The van der Waals surface area contributed by atoms with Crippen LogP contribution in [0.2, 0.25) is 0 Å². The summed E-state index contributed by atoms with van der Waals surface area (Å²) in [6.07, 6.45) is 6.58. The Hall–Kier alpha value is -2.24. The van der Waals surface area contributed by atoms with Crippen LogP contribution in [-0.4, -0.2) is 42.1 Å². The smallest absolute Gasteiger partial charge is 0.320 e. The van der Waals surface area contributed by atoms with Crippen molar-refractivity contribution in [3.05, 3.63) is 24.3 Å². The third kappa shape index (κ3) is 4.11. The fraction of sp³-hybridized carbons (Fsp3) is 0.600. The van der Waals surface area contributed by atoms with Crippen molar-refractivity contribution in [2.45, 2.75) is 57.4 Å². The zero-order valence-electron chi connectivity index (χ0n) is 15.6. The van der Waals surface area contributed by atoms with Crippen LogP contribution in [-0.2, 0) is 4.79 Å². The lowest BCUT2D eigenvalue weighted by atomic mass is 9.80. The van der Waals surface area contributed by atoms with E-state index < -0.39 is 5.54 Å². The number of carbonyl (C=O) groups is 2. The Balaban J connectivity index is 1.72. The Morgan fingerprint density at radius 3 is 2.46 bits per heavy atom. The number of carbonyl (C=O) groups excluding carboxylic acids is 2. The summed E-state index contributed by atoms with van der Waals surface area (Å²) < 4.78 is 5.56. The molecule has 3 rings (SSSR count). The van der Waals surface area contributed by atoms with Crippen LogP contribution in [0.25, 0.3) is 0 Å². The number of anilines is 1. The summed E-state index contributed by atoms with van der Waals surface area (Å²) in [5, 5.41) is 5.90. The van der Waals surface area contributed by atoms with Gasteiger partial charge in [0.1, 0.15) is 11.3 Å². The van der Waals surface area contributed by atoms with Crippen LogP contribution in [0.15, 0.2) is 24.3 Å². The first kappa shape index (κ1) is 18.5. The van der Waals surface area contributed by atoms with Crippen molar-refractivity contribution in [1.82, 2.24) is 10.2 Å². The molecule has 1 aliphatic carbocycles. The standard InChI is InChI=1S/C20H29N3O3/c1-2-26-17-11-5-4-10-16(17)21-19(25)22-20(12-6-3-7-13-20)18(24)23-14-8-9-15-23/h4-5,10-11H,2-3,6-9,12-15H2,1H3,(H2,21,22,25). The molecule has 6 nitrogen and oxygen atoms in total. The highest BCUT2D eigenvalue weighted by Gasteiger charge is 2.43. The third-order valence-corrected chi connectivity index (χ3v) is 5.30. The van der Waals surface area contributed by atoms with Crippen LogP contribution in [0.4, 0.5) is 10.5 Å². The predicted octanol–water partition coefficient (Wildman–Crippen LogP) is 3.53. The number of rotatable bonds is 5. The van der Waals surface area contributed by atoms with E-state index in [1.54, 1.807) is 6.07 Å². The molecule has 26 heavy (non-hydrogen) atoms. The Bertz CT molecular complexity index is 635. The second-order valence-corrected chi connectivity index (χ2v) is 7.15. The van der Waals surface area contributed by atoms with Crippen molar-refractivity contribution >= 4 is 17.6 Å². The van der Waals surface area contributed by atoms with E-state index in [0.717, 1.165) is 45.2 Å². The minimum atomic E-state index is -0.771. The number of amides is 3. The van der Waals surface area contributed by atoms with E-state index in [1.165, 1.54) is 0 Å². The maximum atomic E-state index is 13.1. The minimum absolute atomic E-state index is 0.0861. The van der Waals surface area contributed by atoms with E-state index in [0.29, 0.717) is 30.9 Å². The molecule has 0 aromatic heterocycles. The summed E-state index contributed by atoms with van der Waals surface area (Å²) in [5.74, 6) is 0.719. The van der Waals surface area contributed by atoms with E-state index >= 15 is 0 Å². The van der Waals surface area contributed by atoms with Gasteiger partial charge in [0.2, 0.25) is 5.91 Å². The van der Waals surface area contributed by atoms with Gasteiger partial charge in [-0.25, -0.2) is 4.79 Å². The van der Waals surface area contributed by atoms with Crippen LogP contribution >= 0.6 is 0 Å². The highest BCUT2D eigenvalue weighted by Crippen LogP contribution is 2.32. The van der Waals surface area contributed by atoms with Gasteiger partial charge in [0.15, 0.2) is 0 Å². The number of benzene rings is 1. The SMILES string of the molecule is CCOc1ccccc1NC(=O)NC1(C(=O)N2CCCC2)CCCCC1. The van der Waals surface area contributed by atoms with Gasteiger partial charge < -0.3 is 20.3 Å². The van der Waals surface area contributed by atoms with Crippen LogP contribution in [0.5, 0.6) is 5.75 Å². The van der Waals surface area contributed by atoms with Gasteiger partial charge in [-0.15, -0.1) is 0 Å². The molecule has 142 valence electrons. The number of nitrogens with one attached hydrogen (secondary N) is 2. The molecule has 3 amide bonds. The Morgan fingerprint density at radius 2 is 1.77 bits per heavy atom. The number of urea groups is 1. The van der Waals surface area contributed by atoms with Gasteiger partial charge in [-0.05, 0) is 44.7 Å². The van der Waals surface area contributed by atoms with Gasteiger partial charge in [0.25, 0.3) is 0 Å². The molecular formula is C20H29N3O3. The van der Waals surface area contributed by atoms with Gasteiger partial charge in [0.05, 0.1) is 12.3 Å². The van der Waals surface area contributed by atoms with Crippen LogP contribution < -0.4 is 15.4 Å². The average Bonchev–Trinajstić information content (AvgIpc) is 3.18. The fourth-order valence-electron chi connectivity index (χ4n) is 3.99. The summed E-state index contributed by atoms with van der Waals surface area (Å²) in [6, 6.07) is 7.01. The van der Waals surface area contributed by atoms with E-state index in [4.69, 9.17) is 4.74 Å². The quantitative estimate of drug-likeness (QED) is 0.845. The fourth-order valence-corrected chi connectivity index (χ4v) is 3.99. The molecule has 1 heterocycles. The summed E-state index contributed by atoms with van der Waals surface area (Å²) >= 11 is 0. The maximum Gasteiger partial charge on any atom is 0.320 e. The molecule has 2 aliphatic rings. The topological polar surface area (TPSA) is 70.7 Å². The predicted molar refractivity (Wildman–Crippen MR) is 101 cm³/mol. The van der Waals surface area contributed by atoms with E-state index in [-0.39, 0.29) is 11.9 Å². The molecule has 6 heteroatoms. The minimum Gasteiger partial charge on any atom is -0.492 e. The van der Waals surface area contributed by atoms with Gasteiger partial charge in [-0.3, -0.25) is 4.79 Å². The first-order valence-electron chi connectivity index (χ1n) is 9.75. The van der Waals surface area contributed by atoms with Crippen molar-refractivity contribution in [3.8, 4) is 5.75 Å². The Labute approximate surface area is 155 Å². The molecule has 2 fully saturated rings. The molecule has 1 aliphatic heterocycles. The number of ether oxygens (including phenoxy) is 1. The second-order valence-electron chi connectivity index (χ2n) is 7.15. The average molecular weight is 359 g/mol. The van der Waals surface area contributed by atoms with Gasteiger partial charge in [-0.1, -0.05) is 31.4 Å². The maximum absolute atomic E-state index is 13.1. The molecule has 0 radical (unpaired) electrons. The summed E-state index contributed by atoms with van der Waals surface area (Å²) in [4.78, 5) is 27.8. The summed E-state index contributed by atoms with van der Waals surface area (Å²) in [6.45, 7) is 4.04. The van der Waals surface area contributed by atoms with Crippen molar-refractivity contribution in [2.75, 3.05) is 25.0 Å². The monoisotopic (exact) mass is 359 g/mol. The van der Waals surface area contributed by atoms with Crippen molar-refractivity contribution in [2.24, 2.45) is 0 Å². The molecule has 0 spiro atoms. The highest BCUT2D eigenvalue weighted by atomic mass is 16.5. The largest absolute Gasteiger partial charge is 0.492 e. The second kappa shape index (κ2) is 8.43. The summed E-state index contributed by atoms with van der Waals surface area (Å²) in [7, 11) is 0. The zero-order chi connectivity index (χ0) is 18.4. The van der Waals surface area contributed by atoms with Gasteiger partial charge >= 0.3 is 6.03 Å². The molecule has 1 aromatic rings. The number of hydrogen-bond acceptors (Lipinski definition) is 3.